The number of hydrogen-bond donors (Lipinski definition) is 1. The zero-order chi connectivity index (χ0) is 10.6. The van der Waals surface area contributed by atoms with Crippen molar-refractivity contribution in [2.24, 2.45) is 5.92 Å². The van der Waals surface area contributed by atoms with Crippen molar-refractivity contribution in [2.75, 3.05) is 25.1 Å². The Morgan fingerprint density at radius 3 is 2.29 bits per heavy atom. The third-order valence-corrected chi connectivity index (χ3v) is 2.95. The van der Waals surface area contributed by atoms with E-state index in [1.807, 2.05) is 11.8 Å². The van der Waals surface area contributed by atoms with Gasteiger partial charge >= 0.3 is 0 Å². The summed E-state index contributed by atoms with van der Waals surface area (Å²) in [7, 11) is 0. The Morgan fingerprint density at radius 1 is 1.00 bits per heavy atom. The fourth-order valence-corrected chi connectivity index (χ4v) is 1.91. The van der Waals surface area contributed by atoms with E-state index in [1.165, 1.54) is 50.9 Å². The van der Waals surface area contributed by atoms with Crippen molar-refractivity contribution in [1.29, 1.82) is 0 Å². The molecule has 0 aliphatic carbocycles. The average Bonchev–Trinajstić information content (AvgIpc) is 2.15. The molecule has 0 heterocycles. The van der Waals surface area contributed by atoms with Crippen molar-refractivity contribution >= 4 is 11.8 Å². The van der Waals surface area contributed by atoms with Crippen LogP contribution in [0.25, 0.3) is 0 Å². The van der Waals surface area contributed by atoms with Gasteiger partial charge in [-0.1, -0.05) is 33.1 Å². The first kappa shape index (κ1) is 14.3. The van der Waals surface area contributed by atoms with E-state index in [0.29, 0.717) is 0 Å². The molecule has 0 aromatic heterocycles. The molecule has 0 fully saturated rings. The van der Waals surface area contributed by atoms with E-state index < -0.39 is 0 Å². The Balaban J connectivity index is 2.85. The molecule has 1 N–H and O–H groups in total. The van der Waals surface area contributed by atoms with Gasteiger partial charge in [0.1, 0.15) is 0 Å². The summed E-state index contributed by atoms with van der Waals surface area (Å²) >= 11 is 1.96. The molecule has 86 valence electrons. The molecular formula is C12H27NS. The highest BCUT2D eigenvalue weighted by atomic mass is 32.2. The maximum atomic E-state index is 3.48. The van der Waals surface area contributed by atoms with E-state index in [2.05, 4.69) is 25.4 Å². The van der Waals surface area contributed by atoms with Crippen LogP contribution in [0.4, 0.5) is 0 Å². The van der Waals surface area contributed by atoms with Gasteiger partial charge in [0.2, 0.25) is 0 Å². The molecule has 0 saturated carbocycles. The Bertz CT molecular complexity index is 104. The van der Waals surface area contributed by atoms with E-state index in [1.54, 1.807) is 0 Å². The van der Waals surface area contributed by atoms with E-state index in [4.69, 9.17) is 0 Å². The lowest BCUT2D eigenvalue weighted by atomic mass is 10.1. The van der Waals surface area contributed by atoms with Crippen LogP contribution >= 0.6 is 11.8 Å². The highest BCUT2D eigenvalue weighted by Crippen LogP contribution is 2.05. The number of hydrogen-bond acceptors (Lipinski definition) is 2. The van der Waals surface area contributed by atoms with Crippen molar-refractivity contribution in [1.82, 2.24) is 5.32 Å². The molecule has 0 amide bonds. The summed E-state index contributed by atoms with van der Waals surface area (Å²) in [5.41, 5.74) is 0. The molecule has 2 heteroatoms. The minimum atomic E-state index is 0.788. The summed E-state index contributed by atoms with van der Waals surface area (Å²) in [4.78, 5) is 0. The summed E-state index contributed by atoms with van der Waals surface area (Å²) < 4.78 is 0. The molecule has 0 spiro atoms. The lowest BCUT2D eigenvalue weighted by Crippen LogP contribution is -2.20. The molecule has 0 saturated heterocycles. The van der Waals surface area contributed by atoms with E-state index in [0.717, 1.165) is 5.92 Å². The fourth-order valence-electron chi connectivity index (χ4n) is 1.42. The first-order valence-electron chi connectivity index (χ1n) is 5.97. The SMILES string of the molecule is CSCCCCCCCNCC(C)C. The highest BCUT2D eigenvalue weighted by molar-refractivity contribution is 7.98. The summed E-state index contributed by atoms with van der Waals surface area (Å²) in [5, 5.41) is 3.48. The summed E-state index contributed by atoms with van der Waals surface area (Å²) in [6.45, 7) is 6.90. The smallest absolute Gasteiger partial charge is 0.00258 e. The van der Waals surface area contributed by atoms with Crippen LogP contribution < -0.4 is 5.32 Å². The number of rotatable bonds is 10. The second kappa shape index (κ2) is 11.4. The normalized spacial score (nSPS) is 11.1. The molecule has 0 aliphatic rings. The first-order chi connectivity index (χ1) is 6.77. The first-order valence-corrected chi connectivity index (χ1v) is 7.36. The maximum absolute atomic E-state index is 3.48. The number of unbranched alkanes of at least 4 members (excludes halogenated alkanes) is 4. The van der Waals surface area contributed by atoms with Gasteiger partial charge in [-0.2, -0.15) is 11.8 Å². The van der Waals surface area contributed by atoms with Crippen molar-refractivity contribution in [3.8, 4) is 0 Å². The topological polar surface area (TPSA) is 12.0 Å². The van der Waals surface area contributed by atoms with E-state index >= 15 is 0 Å². The van der Waals surface area contributed by atoms with Crippen LogP contribution in [0.15, 0.2) is 0 Å². The molecule has 0 aromatic carbocycles. The molecule has 0 aromatic rings. The zero-order valence-electron chi connectivity index (χ0n) is 10.1. The molecule has 0 aliphatic heterocycles. The van der Waals surface area contributed by atoms with Gasteiger partial charge in [0.25, 0.3) is 0 Å². The second-order valence-electron chi connectivity index (χ2n) is 4.36. The molecule has 1 nitrogen and oxygen atoms in total. The molecule has 14 heavy (non-hydrogen) atoms. The molecule has 0 atom stereocenters. The van der Waals surface area contributed by atoms with Gasteiger partial charge in [-0.3, -0.25) is 0 Å². The lowest BCUT2D eigenvalue weighted by Gasteiger charge is -2.06. The fraction of sp³-hybridized carbons (Fsp3) is 1.00. The summed E-state index contributed by atoms with van der Waals surface area (Å²) in [6.07, 6.45) is 9.19. The van der Waals surface area contributed by atoms with Crippen molar-refractivity contribution in [2.45, 2.75) is 46.0 Å². The van der Waals surface area contributed by atoms with Gasteiger partial charge in [0.15, 0.2) is 0 Å². The standard InChI is InChI=1S/C12H27NS/c1-12(2)11-13-9-7-5-4-6-8-10-14-3/h12-13H,4-11H2,1-3H3. The van der Waals surface area contributed by atoms with E-state index in [-0.39, 0.29) is 0 Å². The van der Waals surface area contributed by atoms with Gasteiger partial charge in [-0.05, 0) is 43.9 Å². The Kier molecular flexibility index (Phi) is 11.6. The molecule has 0 unspecified atom stereocenters. The van der Waals surface area contributed by atoms with Gasteiger partial charge in [0, 0.05) is 0 Å². The second-order valence-corrected chi connectivity index (χ2v) is 5.34. The van der Waals surface area contributed by atoms with E-state index in [9.17, 15) is 0 Å². The van der Waals surface area contributed by atoms with Crippen LogP contribution in [0.2, 0.25) is 0 Å². The van der Waals surface area contributed by atoms with Crippen molar-refractivity contribution in [3.05, 3.63) is 0 Å². The van der Waals surface area contributed by atoms with Gasteiger partial charge < -0.3 is 5.32 Å². The van der Waals surface area contributed by atoms with Gasteiger partial charge in [0.05, 0.1) is 0 Å². The van der Waals surface area contributed by atoms with Crippen LogP contribution in [0.3, 0.4) is 0 Å². The summed E-state index contributed by atoms with van der Waals surface area (Å²) in [6, 6.07) is 0. The molecular weight excluding hydrogens is 190 g/mol. The zero-order valence-corrected chi connectivity index (χ0v) is 11.0. The highest BCUT2D eigenvalue weighted by Gasteiger charge is 1.93. The van der Waals surface area contributed by atoms with Gasteiger partial charge in [-0.15, -0.1) is 0 Å². The predicted octanol–water partition coefficient (Wildman–Crippen LogP) is 3.55. The average molecular weight is 217 g/mol. The van der Waals surface area contributed by atoms with Crippen LogP contribution in [-0.2, 0) is 0 Å². The summed E-state index contributed by atoms with van der Waals surface area (Å²) in [5.74, 6) is 2.13. The number of thioether (sulfide) groups is 1. The van der Waals surface area contributed by atoms with Crippen molar-refractivity contribution < 1.29 is 0 Å². The Hall–Kier alpha value is 0.310. The van der Waals surface area contributed by atoms with Crippen LogP contribution in [-0.4, -0.2) is 25.1 Å². The van der Waals surface area contributed by atoms with Crippen LogP contribution in [0.1, 0.15) is 46.0 Å². The van der Waals surface area contributed by atoms with Crippen LogP contribution in [0, 0.1) is 5.92 Å². The third-order valence-electron chi connectivity index (χ3n) is 2.25. The number of nitrogens with one attached hydrogen (secondary N) is 1. The lowest BCUT2D eigenvalue weighted by molar-refractivity contribution is 0.525. The van der Waals surface area contributed by atoms with Crippen LogP contribution in [0.5, 0.6) is 0 Å². The molecule has 0 rings (SSSR count). The predicted molar refractivity (Wildman–Crippen MR) is 69.2 cm³/mol. The third kappa shape index (κ3) is 12.3. The van der Waals surface area contributed by atoms with Gasteiger partial charge in [-0.25, -0.2) is 0 Å². The maximum Gasteiger partial charge on any atom is -0.00258 e. The quantitative estimate of drug-likeness (QED) is 0.562. The molecule has 0 radical (unpaired) electrons. The Labute approximate surface area is 94.4 Å². The van der Waals surface area contributed by atoms with Crippen molar-refractivity contribution in [3.63, 3.8) is 0 Å². The Morgan fingerprint density at radius 2 is 1.64 bits per heavy atom. The minimum absolute atomic E-state index is 0.788. The minimum Gasteiger partial charge on any atom is -0.316 e. The molecule has 0 bridgehead atoms. The largest absolute Gasteiger partial charge is 0.316 e. The monoisotopic (exact) mass is 217 g/mol.